The predicted molar refractivity (Wildman–Crippen MR) is 85.3 cm³/mol. The van der Waals surface area contributed by atoms with Crippen LogP contribution in [0.4, 0.5) is 10.1 Å². The Morgan fingerprint density at radius 3 is 2.90 bits per heavy atom. The number of benzene rings is 2. The molecule has 2 heterocycles. The van der Waals surface area contributed by atoms with Gasteiger partial charge in [0.25, 0.3) is 0 Å². The highest BCUT2D eigenvalue weighted by Gasteiger charge is 2.38. The van der Waals surface area contributed by atoms with Crippen LogP contribution in [0.25, 0.3) is 0 Å². The molecule has 0 aliphatic carbocycles. The van der Waals surface area contributed by atoms with Gasteiger partial charge >= 0.3 is 0 Å². The maximum Gasteiger partial charge on any atom is 0.123 e. The molecule has 21 heavy (non-hydrogen) atoms. The fourth-order valence-electron chi connectivity index (χ4n) is 2.98. The van der Waals surface area contributed by atoms with Crippen LogP contribution in [0.1, 0.15) is 23.4 Å². The average molecular weight is 298 g/mol. The van der Waals surface area contributed by atoms with E-state index in [0.29, 0.717) is 5.25 Å². The lowest BCUT2D eigenvalue weighted by molar-refractivity contribution is 0.396. The van der Waals surface area contributed by atoms with E-state index in [1.807, 2.05) is 30.0 Å². The summed E-state index contributed by atoms with van der Waals surface area (Å²) in [6.45, 7) is 3.01. The van der Waals surface area contributed by atoms with Crippen LogP contribution in [0, 0.1) is 5.82 Å². The summed E-state index contributed by atoms with van der Waals surface area (Å²) in [4.78, 5) is 7.11. The van der Waals surface area contributed by atoms with Crippen LogP contribution in [0.3, 0.4) is 0 Å². The Bertz CT molecular complexity index is 728. The molecule has 1 saturated heterocycles. The van der Waals surface area contributed by atoms with Gasteiger partial charge in [-0.15, -0.1) is 11.8 Å². The number of para-hydroxylation sites is 1. The van der Waals surface area contributed by atoms with E-state index < -0.39 is 0 Å². The van der Waals surface area contributed by atoms with Gasteiger partial charge in [0, 0.05) is 6.54 Å². The maximum atomic E-state index is 13.5. The van der Waals surface area contributed by atoms with Crippen LogP contribution in [0.5, 0.6) is 0 Å². The third-order valence-electron chi connectivity index (χ3n) is 3.98. The zero-order chi connectivity index (χ0) is 14.4. The molecule has 0 unspecified atom stereocenters. The average Bonchev–Trinajstić information content (AvgIpc) is 2.82. The van der Waals surface area contributed by atoms with E-state index >= 15 is 0 Å². The topological polar surface area (TPSA) is 15.6 Å². The van der Waals surface area contributed by atoms with Gasteiger partial charge in [-0.25, -0.2) is 9.38 Å². The Balaban J connectivity index is 1.76. The van der Waals surface area contributed by atoms with Crippen LogP contribution >= 0.6 is 11.8 Å². The Morgan fingerprint density at radius 1 is 1.19 bits per heavy atom. The number of rotatable bonds is 1. The highest BCUT2D eigenvalue weighted by atomic mass is 32.2. The van der Waals surface area contributed by atoms with Gasteiger partial charge in [-0.1, -0.05) is 30.3 Å². The molecule has 4 heteroatoms. The second kappa shape index (κ2) is 4.88. The van der Waals surface area contributed by atoms with E-state index in [2.05, 4.69) is 24.0 Å². The maximum absolute atomic E-state index is 13.5. The lowest BCUT2D eigenvalue weighted by Crippen LogP contribution is -2.32. The first-order chi connectivity index (χ1) is 10.2. The van der Waals surface area contributed by atoms with Crippen molar-refractivity contribution in [2.24, 2.45) is 4.99 Å². The van der Waals surface area contributed by atoms with E-state index in [4.69, 9.17) is 4.99 Å². The Labute approximate surface area is 127 Å². The third kappa shape index (κ3) is 2.14. The van der Waals surface area contributed by atoms with Crippen molar-refractivity contribution in [3.8, 4) is 0 Å². The molecule has 4 rings (SSSR count). The highest BCUT2D eigenvalue weighted by Crippen LogP contribution is 2.47. The number of fused-ring (bicyclic) bond motifs is 2. The molecule has 0 amide bonds. The van der Waals surface area contributed by atoms with Crippen molar-refractivity contribution in [1.29, 1.82) is 0 Å². The van der Waals surface area contributed by atoms with E-state index in [1.165, 1.54) is 11.6 Å². The summed E-state index contributed by atoms with van der Waals surface area (Å²) in [7, 11) is 0. The zero-order valence-electron chi connectivity index (χ0n) is 11.7. The van der Waals surface area contributed by atoms with Crippen molar-refractivity contribution in [2.75, 3.05) is 0 Å². The fourth-order valence-corrected chi connectivity index (χ4v) is 4.31. The van der Waals surface area contributed by atoms with Crippen molar-refractivity contribution in [2.45, 2.75) is 24.1 Å². The quantitative estimate of drug-likeness (QED) is 0.770. The summed E-state index contributed by atoms with van der Waals surface area (Å²) in [5, 5.41) is 0.467. The Hall–Kier alpha value is -1.81. The minimum atomic E-state index is -0.177. The lowest BCUT2D eigenvalue weighted by Gasteiger charge is -2.30. The van der Waals surface area contributed by atoms with E-state index in [0.717, 1.165) is 23.6 Å². The van der Waals surface area contributed by atoms with Gasteiger partial charge in [-0.2, -0.15) is 0 Å². The normalized spacial score (nSPS) is 23.5. The molecular weight excluding hydrogens is 283 g/mol. The molecule has 0 saturated carbocycles. The van der Waals surface area contributed by atoms with E-state index in [9.17, 15) is 4.39 Å². The molecule has 0 spiro atoms. The van der Waals surface area contributed by atoms with Crippen LogP contribution in [0.15, 0.2) is 53.5 Å². The molecule has 2 aliphatic heterocycles. The molecule has 106 valence electrons. The van der Waals surface area contributed by atoms with E-state index in [1.54, 1.807) is 12.1 Å². The molecular formula is C17H15FN2S. The smallest absolute Gasteiger partial charge is 0.123 e. The second-order valence-electron chi connectivity index (χ2n) is 5.41. The largest absolute Gasteiger partial charge is 0.339 e. The van der Waals surface area contributed by atoms with Crippen molar-refractivity contribution in [1.82, 2.24) is 4.90 Å². The number of aliphatic imine (C=N–C) groups is 1. The molecule has 1 fully saturated rings. The number of nitrogens with zero attached hydrogens (tertiary/aromatic N) is 2. The van der Waals surface area contributed by atoms with E-state index in [-0.39, 0.29) is 11.2 Å². The minimum absolute atomic E-state index is 0.141. The third-order valence-corrected chi connectivity index (χ3v) is 5.38. The molecule has 0 N–H and O–H groups in total. The Kier molecular flexibility index (Phi) is 3.00. The Morgan fingerprint density at radius 2 is 2.05 bits per heavy atom. The molecule has 2 aromatic carbocycles. The van der Waals surface area contributed by atoms with Crippen LogP contribution < -0.4 is 0 Å². The summed E-state index contributed by atoms with van der Waals surface area (Å²) in [6, 6.07) is 15.2. The number of amidine groups is 1. The molecule has 2 aromatic rings. The monoisotopic (exact) mass is 298 g/mol. The number of hydrogen-bond acceptors (Lipinski definition) is 3. The van der Waals surface area contributed by atoms with Gasteiger partial charge in [0.15, 0.2) is 0 Å². The van der Waals surface area contributed by atoms with Gasteiger partial charge in [0.2, 0.25) is 0 Å². The van der Waals surface area contributed by atoms with Crippen molar-refractivity contribution >= 4 is 23.3 Å². The first-order valence-electron chi connectivity index (χ1n) is 7.06. The van der Waals surface area contributed by atoms with Crippen LogP contribution in [-0.4, -0.2) is 16.0 Å². The molecule has 2 nitrogen and oxygen atoms in total. The van der Waals surface area contributed by atoms with Crippen LogP contribution in [-0.2, 0) is 6.54 Å². The molecule has 2 atom stereocenters. The van der Waals surface area contributed by atoms with Crippen molar-refractivity contribution < 1.29 is 4.39 Å². The molecule has 0 bridgehead atoms. The standard InChI is InChI=1S/C17H15FN2S/c1-11-16-19-15-8-3-2-5-13(15)10-20(16)17(21-11)12-6-4-7-14(18)9-12/h2-9,11,17H,10H2,1H3/t11-,17+/m1/s1. The first kappa shape index (κ1) is 12.9. The summed E-state index contributed by atoms with van der Waals surface area (Å²) in [6.07, 6.45) is 0. The predicted octanol–water partition coefficient (Wildman–Crippen LogP) is 4.51. The van der Waals surface area contributed by atoms with Gasteiger partial charge in [0.1, 0.15) is 17.0 Å². The number of halogens is 1. The summed E-state index contributed by atoms with van der Waals surface area (Å²) in [5.41, 5.74) is 3.31. The van der Waals surface area contributed by atoms with Gasteiger partial charge in [-0.3, -0.25) is 0 Å². The van der Waals surface area contributed by atoms with Crippen LogP contribution in [0.2, 0.25) is 0 Å². The van der Waals surface area contributed by atoms with Gasteiger partial charge in [-0.05, 0) is 36.2 Å². The zero-order valence-corrected chi connectivity index (χ0v) is 12.5. The highest BCUT2D eigenvalue weighted by molar-refractivity contribution is 8.01. The van der Waals surface area contributed by atoms with Gasteiger partial charge < -0.3 is 4.90 Å². The molecule has 2 aliphatic rings. The fraction of sp³-hybridized carbons (Fsp3) is 0.235. The minimum Gasteiger partial charge on any atom is -0.339 e. The second-order valence-corrected chi connectivity index (χ2v) is 6.84. The molecule has 0 aromatic heterocycles. The summed E-state index contributed by atoms with van der Waals surface area (Å²) >= 11 is 1.83. The molecule has 0 radical (unpaired) electrons. The number of thioether (sulfide) groups is 1. The summed E-state index contributed by atoms with van der Waals surface area (Å²) < 4.78 is 13.5. The van der Waals surface area contributed by atoms with Crippen molar-refractivity contribution in [3.63, 3.8) is 0 Å². The SMILES string of the molecule is C[C@H]1S[C@@H](c2cccc(F)c2)N2Cc3ccccc3N=C12. The lowest BCUT2D eigenvalue weighted by atomic mass is 10.1. The number of hydrogen-bond donors (Lipinski definition) is 0. The van der Waals surface area contributed by atoms with Crippen molar-refractivity contribution in [3.05, 3.63) is 65.5 Å². The van der Waals surface area contributed by atoms with Gasteiger partial charge in [0.05, 0.1) is 10.9 Å². The first-order valence-corrected chi connectivity index (χ1v) is 8.01. The summed E-state index contributed by atoms with van der Waals surface area (Å²) in [5.74, 6) is 0.927.